The van der Waals surface area contributed by atoms with Gasteiger partial charge in [-0.15, -0.1) is 0 Å². The maximum atomic E-state index is 6.11. The van der Waals surface area contributed by atoms with Gasteiger partial charge in [0.25, 0.3) is 0 Å². The predicted molar refractivity (Wildman–Crippen MR) is 75.6 cm³/mol. The summed E-state index contributed by atoms with van der Waals surface area (Å²) in [4.78, 5) is 0. The Balaban J connectivity index is 1.65. The van der Waals surface area contributed by atoms with Gasteiger partial charge in [-0.05, 0) is 49.9 Å². The normalized spacial score (nSPS) is 24.5. The van der Waals surface area contributed by atoms with E-state index in [0.29, 0.717) is 0 Å². The molecule has 3 rings (SSSR count). The SMILES string of the molecule is c1ccc(OC2CCOC2)c(CC2CCNCC2)c1. The van der Waals surface area contributed by atoms with Gasteiger partial charge < -0.3 is 14.8 Å². The van der Waals surface area contributed by atoms with Crippen molar-refractivity contribution in [3.8, 4) is 5.75 Å². The first kappa shape index (κ1) is 12.9. The molecule has 1 aromatic rings. The van der Waals surface area contributed by atoms with Crippen molar-refractivity contribution < 1.29 is 9.47 Å². The first-order valence-electron chi connectivity index (χ1n) is 7.45. The first-order valence-corrected chi connectivity index (χ1v) is 7.45. The van der Waals surface area contributed by atoms with Gasteiger partial charge in [0.05, 0.1) is 13.2 Å². The van der Waals surface area contributed by atoms with Crippen LogP contribution in [0.1, 0.15) is 24.8 Å². The number of rotatable bonds is 4. The van der Waals surface area contributed by atoms with Gasteiger partial charge in [0.15, 0.2) is 0 Å². The number of piperidine rings is 1. The molecule has 2 heterocycles. The van der Waals surface area contributed by atoms with Crippen LogP contribution in [-0.2, 0) is 11.2 Å². The van der Waals surface area contributed by atoms with Crippen molar-refractivity contribution in [3.63, 3.8) is 0 Å². The smallest absolute Gasteiger partial charge is 0.124 e. The van der Waals surface area contributed by atoms with Crippen LogP contribution in [0.3, 0.4) is 0 Å². The molecule has 0 bridgehead atoms. The molecule has 0 saturated carbocycles. The summed E-state index contributed by atoms with van der Waals surface area (Å²) in [6.45, 7) is 3.89. The maximum absolute atomic E-state index is 6.11. The number of nitrogens with one attached hydrogen (secondary N) is 1. The highest BCUT2D eigenvalue weighted by molar-refractivity contribution is 5.34. The Kier molecular flexibility index (Phi) is 4.36. The van der Waals surface area contributed by atoms with E-state index in [-0.39, 0.29) is 6.10 Å². The molecule has 1 unspecified atom stereocenters. The third kappa shape index (κ3) is 3.48. The van der Waals surface area contributed by atoms with Crippen LogP contribution < -0.4 is 10.1 Å². The van der Waals surface area contributed by atoms with E-state index < -0.39 is 0 Å². The highest BCUT2D eigenvalue weighted by atomic mass is 16.5. The van der Waals surface area contributed by atoms with Crippen LogP contribution >= 0.6 is 0 Å². The third-order valence-electron chi connectivity index (χ3n) is 4.12. The Morgan fingerprint density at radius 3 is 2.79 bits per heavy atom. The average molecular weight is 261 g/mol. The minimum absolute atomic E-state index is 0.245. The second-order valence-corrected chi connectivity index (χ2v) is 5.61. The molecule has 19 heavy (non-hydrogen) atoms. The quantitative estimate of drug-likeness (QED) is 0.903. The molecule has 3 heteroatoms. The molecule has 2 aliphatic heterocycles. The largest absolute Gasteiger partial charge is 0.488 e. The Bertz CT molecular complexity index is 395. The monoisotopic (exact) mass is 261 g/mol. The van der Waals surface area contributed by atoms with Crippen LogP contribution in [0, 0.1) is 5.92 Å². The highest BCUT2D eigenvalue weighted by Gasteiger charge is 2.20. The number of benzene rings is 1. The number of para-hydroxylation sites is 1. The van der Waals surface area contributed by atoms with Crippen molar-refractivity contribution in [1.82, 2.24) is 5.32 Å². The van der Waals surface area contributed by atoms with Gasteiger partial charge in [0.2, 0.25) is 0 Å². The molecule has 0 aliphatic carbocycles. The van der Waals surface area contributed by atoms with Crippen molar-refractivity contribution >= 4 is 0 Å². The van der Waals surface area contributed by atoms with E-state index in [9.17, 15) is 0 Å². The lowest BCUT2D eigenvalue weighted by atomic mass is 9.90. The third-order valence-corrected chi connectivity index (χ3v) is 4.12. The molecule has 3 nitrogen and oxygen atoms in total. The van der Waals surface area contributed by atoms with Gasteiger partial charge in [-0.1, -0.05) is 18.2 Å². The minimum Gasteiger partial charge on any atom is -0.488 e. The van der Waals surface area contributed by atoms with Crippen molar-refractivity contribution in [1.29, 1.82) is 0 Å². The van der Waals surface area contributed by atoms with Gasteiger partial charge in [-0.3, -0.25) is 0 Å². The summed E-state index contributed by atoms with van der Waals surface area (Å²) in [6.07, 6.45) is 4.96. The van der Waals surface area contributed by atoms with Crippen LogP contribution in [-0.4, -0.2) is 32.4 Å². The molecular formula is C16H23NO2. The molecule has 2 aliphatic rings. The zero-order valence-corrected chi connectivity index (χ0v) is 11.4. The van der Waals surface area contributed by atoms with Crippen molar-refractivity contribution in [3.05, 3.63) is 29.8 Å². The van der Waals surface area contributed by atoms with Crippen LogP contribution in [0.2, 0.25) is 0 Å². The van der Waals surface area contributed by atoms with Crippen LogP contribution in [0.4, 0.5) is 0 Å². The summed E-state index contributed by atoms with van der Waals surface area (Å²) < 4.78 is 11.5. The molecule has 1 atom stereocenters. The van der Waals surface area contributed by atoms with Gasteiger partial charge >= 0.3 is 0 Å². The Morgan fingerprint density at radius 2 is 2.00 bits per heavy atom. The van der Waals surface area contributed by atoms with E-state index in [2.05, 4.69) is 29.6 Å². The van der Waals surface area contributed by atoms with Crippen molar-refractivity contribution in [2.24, 2.45) is 5.92 Å². The van der Waals surface area contributed by atoms with Crippen LogP contribution in [0.15, 0.2) is 24.3 Å². The molecule has 0 radical (unpaired) electrons. The highest BCUT2D eigenvalue weighted by Crippen LogP contribution is 2.27. The van der Waals surface area contributed by atoms with Crippen molar-refractivity contribution in [2.45, 2.75) is 31.8 Å². The van der Waals surface area contributed by atoms with E-state index in [1.807, 2.05) is 0 Å². The zero-order valence-electron chi connectivity index (χ0n) is 11.4. The van der Waals surface area contributed by atoms with Gasteiger partial charge in [-0.25, -0.2) is 0 Å². The number of ether oxygens (including phenoxy) is 2. The predicted octanol–water partition coefficient (Wildman–Crippen LogP) is 2.40. The number of hydrogen-bond donors (Lipinski definition) is 1. The maximum Gasteiger partial charge on any atom is 0.124 e. The van der Waals surface area contributed by atoms with E-state index in [4.69, 9.17) is 9.47 Å². The summed E-state index contributed by atoms with van der Waals surface area (Å²) in [5.41, 5.74) is 1.36. The van der Waals surface area contributed by atoms with E-state index in [1.54, 1.807) is 0 Å². The van der Waals surface area contributed by atoms with Crippen LogP contribution in [0.5, 0.6) is 5.75 Å². The number of hydrogen-bond acceptors (Lipinski definition) is 3. The fraction of sp³-hybridized carbons (Fsp3) is 0.625. The molecule has 1 N–H and O–H groups in total. The second kappa shape index (κ2) is 6.40. The minimum atomic E-state index is 0.245. The summed E-state index contributed by atoms with van der Waals surface area (Å²) in [5.74, 6) is 1.86. The molecule has 0 spiro atoms. The van der Waals surface area contributed by atoms with E-state index in [1.165, 1.54) is 18.4 Å². The first-order chi connectivity index (χ1) is 9.42. The van der Waals surface area contributed by atoms with Gasteiger partial charge in [0, 0.05) is 6.42 Å². The molecule has 0 amide bonds. The van der Waals surface area contributed by atoms with Crippen LogP contribution in [0.25, 0.3) is 0 Å². The zero-order chi connectivity index (χ0) is 12.9. The summed E-state index contributed by atoms with van der Waals surface area (Å²) in [5, 5.41) is 3.43. The van der Waals surface area contributed by atoms with E-state index in [0.717, 1.165) is 50.8 Å². The Labute approximate surface area is 115 Å². The topological polar surface area (TPSA) is 30.5 Å². The van der Waals surface area contributed by atoms with Crippen molar-refractivity contribution in [2.75, 3.05) is 26.3 Å². The molecule has 0 aromatic heterocycles. The molecule has 104 valence electrons. The lowest BCUT2D eigenvalue weighted by Gasteiger charge is -2.24. The summed E-state index contributed by atoms with van der Waals surface area (Å²) in [6, 6.07) is 8.51. The summed E-state index contributed by atoms with van der Waals surface area (Å²) in [7, 11) is 0. The van der Waals surface area contributed by atoms with Gasteiger partial charge in [-0.2, -0.15) is 0 Å². The van der Waals surface area contributed by atoms with Gasteiger partial charge in [0.1, 0.15) is 11.9 Å². The standard InChI is InChI=1S/C16H23NO2/c1-2-4-16(19-15-7-10-18-12-15)14(3-1)11-13-5-8-17-9-6-13/h1-4,13,15,17H,5-12H2. The second-order valence-electron chi connectivity index (χ2n) is 5.61. The lowest BCUT2D eigenvalue weighted by molar-refractivity contribution is 0.140. The molecule has 2 saturated heterocycles. The Hall–Kier alpha value is -1.06. The lowest BCUT2D eigenvalue weighted by Crippen LogP contribution is -2.28. The molecule has 2 fully saturated rings. The summed E-state index contributed by atoms with van der Waals surface area (Å²) >= 11 is 0. The Morgan fingerprint density at radius 1 is 1.16 bits per heavy atom. The molecule has 1 aromatic carbocycles. The molecular weight excluding hydrogens is 238 g/mol. The fourth-order valence-corrected chi connectivity index (χ4v) is 2.97. The average Bonchev–Trinajstić information content (AvgIpc) is 2.95. The van der Waals surface area contributed by atoms with E-state index >= 15 is 0 Å². The fourth-order valence-electron chi connectivity index (χ4n) is 2.97.